The monoisotopic (exact) mass is 493 g/mol. The average molecular weight is 494 g/mol. The second kappa shape index (κ2) is 18.8. The Kier molecular flexibility index (Phi) is 16.8. The Bertz CT molecular complexity index is 868. The van der Waals surface area contributed by atoms with E-state index in [0.29, 0.717) is 42.4 Å². The van der Waals surface area contributed by atoms with Gasteiger partial charge in [-0.05, 0) is 50.6 Å². The second-order valence-corrected chi connectivity index (χ2v) is 7.08. The molecule has 0 aliphatic rings. The van der Waals surface area contributed by atoms with Crippen molar-refractivity contribution in [3.63, 3.8) is 0 Å². The number of amides is 1. The highest BCUT2D eigenvalue weighted by Crippen LogP contribution is 2.21. The van der Waals surface area contributed by atoms with Crippen LogP contribution in [0.1, 0.15) is 33.1 Å². The highest BCUT2D eigenvalue weighted by molar-refractivity contribution is 5.94. The van der Waals surface area contributed by atoms with Crippen LogP contribution >= 0.6 is 0 Å². The van der Waals surface area contributed by atoms with E-state index in [4.69, 9.17) is 33.4 Å². The summed E-state index contributed by atoms with van der Waals surface area (Å²) in [4.78, 5) is 25.6. The van der Waals surface area contributed by atoms with E-state index in [1.165, 1.54) is 0 Å². The molecule has 0 aliphatic heterocycles. The topological polar surface area (TPSA) is 217 Å². The molecule has 12 heteroatoms. The normalized spacial score (nSPS) is 11.5. The number of carbonyl (C=O) groups is 2. The van der Waals surface area contributed by atoms with Crippen LogP contribution in [0.3, 0.4) is 0 Å². The first-order chi connectivity index (χ1) is 16.7. The van der Waals surface area contributed by atoms with E-state index in [0.717, 1.165) is 19.4 Å². The Hall–Kier alpha value is -3.61. The van der Waals surface area contributed by atoms with Gasteiger partial charge in [-0.2, -0.15) is 0 Å². The Morgan fingerprint density at radius 2 is 1.77 bits per heavy atom. The molecular formula is C23H39N7O5. The van der Waals surface area contributed by atoms with Crippen molar-refractivity contribution in [3.05, 3.63) is 36.4 Å². The Morgan fingerprint density at radius 3 is 2.31 bits per heavy atom. The fourth-order valence-corrected chi connectivity index (χ4v) is 2.29. The van der Waals surface area contributed by atoms with Crippen LogP contribution in [0.2, 0.25) is 0 Å². The first-order valence-corrected chi connectivity index (χ1v) is 11.1. The van der Waals surface area contributed by atoms with Gasteiger partial charge in [0.25, 0.3) is 6.47 Å². The first-order valence-electron chi connectivity index (χ1n) is 11.1. The zero-order valence-corrected chi connectivity index (χ0v) is 20.6. The predicted molar refractivity (Wildman–Crippen MR) is 138 cm³/mol. The molecule has 1 aromatic heterocycles. The number of nitrogen functional groups attached to an aromatic ring is 3. The highest BCUT2D eigenvalue weighted by atomic mass is 16.7. The molecule has 0 radical (unpaired) electrons. The fourth-order valence-electron chi connectivity index (χ4n) is 2.29. The SMILES string of the molecule is CC(OC=O)Oc1ccccc1N.CCOC.NCCCCC(N)C(=O)Nc1ccc(N)c(N)n1. The minimum atomic E-state index is -0.623. The van der Waals surface area contributed by atoms with Gasteiger partial charge in [-0.25, -0.2) is 4.98 Å². The minimum absolute atomic E-state index is 0.185. The van der Waals surface area contributed by atoms with Gasteiger partial charge in [0.15, 0.2) is 0 Å². The second-order valence-electron chi connectivity index (χ2n) is 7.08. The molecule has 0 saturated carbocycles. The van der Waals surface area contributed by atoms with E-state index in [1.807, 2.05) is 6.92 Å². The summed E-state index contributed by atoms with van der Waals surface area (Å²) in [6, 6.07) is 9.60. The number of para-hydroxylation sites is 2. The van der Waals surface area contributed by atoms with E-state index in [2.05, 4.69) is 19.8 Å². The number of rotatable bonds is 11. The Morgan fingerprint density at radius 1 is 1.11 bits per heavy atom. The molecule has 1 aromatic carbocycles. The number of nitrogens with one attached hydrogen (secondary N) is 1. The van der Waals surface area contributed by atoms with Crippen molar-refractivity contribution in [2.24, 2.45) is 11.5 Å². The maximum Gasteiger partial charge on any atom is 0.296 e. The number of unbranched alkanes of at least 4 members (excludes halogenated alkanes) is 1. The van der Waals surface area contributed by atoms with E-state index < -0.39 is 12.3 Å². The van der Waals surface area contributed by atoms with Crippen LogP contribution in [0.4, 0.5) is 23.0 Å². The van der Waals surface area contributed by atoms with Crippen molar-refractivity contribution in [3.8, 4) is 5.75 Å². The summed E-state index contributed by atoms with van der Waals surface area (Å²) in [5.41, 5.74) is 28.7. The fraction of sp³-hybridized carbons (Fsp3) is 0.435. The zero-order chi connectivity index (χ0) is 26.6. The number of nitrogens with zero attached hydrogens (tertiary/aromatic N) is 1. The number of methoxy groups -OCH3 is 1. The molecule has 12 nitrogen and oxygen atoms in total. The molecule has 0 aliphatic carbocycles. The summed E-state index contributed by atoms with van der Waals surface area (Å²) in [5, 5.41) is 2.59. The number of pyridine rings is 1. The number of carbonyl (C=O) groups excluding carboxylic acids is 2. The van der Waals surface area contributed by atoms with Crippen LogP contribution in [0.25, 0.3) is 0 Å². The molecule has 2 unspecified atom stereocenters. The van der Waals surface area contributed by atoms with Crippen LogP contribution < -0.4 is 38.7 Å². The molecule has 11 N–H and O–H groups in total. The minimum Gasteiger partial charge on any atom is -0.453 e. The van der Waals surface area contributed by atoms with Crippen LogP contribution in [0.15, 0.2) is 36.4 Å². The molecule has 1 heterocycles. The lowest BCUT2D eigenvalue weighted by molar-refractivity contribution is -0.145. The summed E-state index contributed by atoms with van der Waals surface area (Å²) in [6.45, 7) is 5.33. The lowest BCUT2D eigenvalue weighted by Gasteiger charge is -2.13. The quantitative estimate of drug-likeness (QED) is 0.114. The van der Waals surface area contributed by atoms with Crippen LogP contribution in [-0.2, 0) is 19.1 Å². The lowest BCUT2D eigenvalue weighted by atomic mass is 10.1. The molecule has 0 spiro atoms. The van der Waals surface area contributed by atoms with Gasteiger partial charge in [0.05, 0.1) is 17.4 Å². The summed E-state index contributed by atoms with van der Waals surface area (Å²) in [7, 11) is 1.68. The lowest BCUT2D eigenvalue weighted by Crippen LogP contribution is -2.35. The third kappa shape index (κ3) is 14.3. The van der Waals surface area contributed by atoms with Crippen LogP contribution in [-0.4, -0.2) is 50.0 Å². The molecule has 2 atom stereocenters. The van der Waals surface area contributed by atoms with Crippen LogP contribution in [0.5, 0.6) is 5.75 Å². The smallest absolute Gasteiger partial charge is 0.296 e. The molecule has 0 saturated heterocycles. The first kappa shape index (κ1) is 31.4. The van der Waals surface area contributed by atoms with Crippen molar-refractivity contribution >= 4 is 35.4 Å². The molecule has 0 bridgehead atoms. The Labute approximate surface area is 206 Å². The number of anilines is 4. The maximum atomic E-state index is 11.7. The van der Waals surface area contributed by atoms with Gasteiger partial charge in [-0.3, -0.25) is 9.59 Å². The molecule has 196 valence electrons. The van der Waals surface area contributed by atoms with Gasteiger partial charge in [0.1, 0.15) is 17.4 Å². The molecule has 2 aromatic rings. The molecule has 35 heavy (non-hydrogen) atoms. The van der Waals surface area contributed by atoms with Gasteiger partial charge in [0.2, 0.25) is 12.2 Å². The number of hydrogen-bond acceptors (Lipinski definition) is 11. The molecule has 2 rings (SSSR count). The van der Waals surface area contributed by atoms with Gasteiger partial charge >= 0.3 is 0 Å². The predicted octanol–water partition coefficient (Wildman–Crippen LogP) is 1.46. The van der Waals surface area contributed by atoms with Crippen LogP contribution in [0, 0.1) is 0 Å². The third-order valence-corrected chi connectivity index (χ3v) is 4.26. The number of hydrogen-bond donors (Lipinski definition) is 6. The number of aromatic nitrogens is 1. The van der Waals surface area contributed by atoms with Crippen molar-refractivity contribution in [1.29, 1.82) is 0 Å². The van der Waals surface area contributed by atoms with Crippen molar-refractivity contribution in [1.82, 2.24) is 4.98 Å². The van der Waals surface area contributed by atoms with Crippen molar-refractivity contribution in [2.45, 2.75) is 45.4 Å². The van der Waals surface area contributed by atoms with Gasteiger partial charge < -0.3 is 48.2 Å². The number of ether oxygens (including phenoxy) is 3. The van der Waals surface area contributed by atoms with Gasteiger partial charge in [-0.1, -0.05) is 18.6 Å². The van der Waals surface area contributed by atoms with Crippen molar-refractivity contribution < 1.29 is 23.8 Å². The van der Waals surface area contributed by atoms with E-state index in [1.54, 1.807) is 50.4 Å². The molecule has 0 fully saturated rings. The summed E-state index contributed by atoms with van der Waals surface area (Å²) in [5.74, 6) is 0.756. The third-order valence-electron chi connectivity index (χ3n) is 4.26. The number of benzene rings is 1. The van der Waals surface area contributed by atoms with Gasteiger partial charge in [-0.15, -0.1) is 0 Å². The van der Waals surface area contributed by atoms with E-state index in [9.17, 15) is 9.59 Å². The maximum absolute atomic E-state index is 11.7. The van der Waals surface area contributed by atoms with E-state index in [-0.39, 0.29) is 11.7 Å². The highest BCUT2D eigenvalue weighted by Gasteiger charge is 2.14. The summed E-state index contributed by atoms with van der Waals surface area (Å²) in [6.07, 6.45) is 1.64. The summed E-state index contributed by atoms with van der Waals surface area (Å²) < 4.78 is 14.3. The number of nitrogens with two attached hydrogens (primary N) is 5. The zero-order valence-electron chi connectivity index (χ0n) is 20.6. The Balaban J connectivity index is 0.000000594. The molecule has 1 amide bonds. The standard InChI is InChI=1S/C11H20N6O.C9H11NO3.C3H8O/c12-6-2-1-3-8(14)11(18)17-9-5-4-7(13)10(15)16-9;1-7(12-6-11)13-9-5-3-2-4-8(9)10;1-3-4-2/h4-5,8H,1-3,6,12-14H2,(H3,15,16,17,18);2-7H,10H2,1H3;3H2,1-2H3. The summed E-state index contributed by atoms with van der Waals surface area (Å²) >= 11 is 0. The molecular weight excluding hydrogens is 454 g/mol. The largest absolute Gasteiger partial charge is 0.453 e. The van der Waals surface area contributed by atoms with Gasteiger partial charge in [0, 0.05) is 20.6 Å². The average Bonchev–Trinajstić information content (AvgIpc) is 2.83. The van der Waals surface area contributed by atoms with E-state index >= 15 is 0 Å². The van der Waals surface area contributed by atoms with Crippen molar-refractivity contribution in [2.75, 3.05) is 42.8 Å².